The summed E-state index contributed by atoms with van der Waals surface area (Å²) in [6.45, 7) is 2.63. The Balaban J connectivity index is 3.07. The molecule has 0 spiro atoms. The molecule has 0 heterocycles. The molecule has 5 heteroatoms. The summed E-state index contributed by atoms with van der Waals surface area (Å²) in [6, 6.07) is 0. The highest BCUT2D eigenvalue weighted by Crippen LogP contribution is 2.20. The molecule has 0 aromatic rings. The Hall–Kier alpha value is 1.05. The van der Waals surface area contributed by atoms with Gasteiger partial charge in [0.2, 0.25) is 0 Å². The minimum absolute atomic E-state index is 0.569. The molecule has 0 N–H and O–H groups in total. The molecule has 0 aliphatic rings. The Morgan fingerprint density at radius 1 is 1.33 bits per heavy atom. The van der Waals surface area contributed by atoms with Crippen LogP contribution in [0.4, 0.5) is 0 Å². The zero-order chi connectivity index (χ0) is 7.33. The van der Waals surface area contributed by atoms with E-state index in [0.717, 1.165) is 12.8 Å². The van der Waals surface area contributed by atoms with E-state index >= 15 is 0 Å². The van der Waals surface area contributed by atoms with Gasteiger partial charge in [0.05, 0.1) is 0 Å². The molecule has 0 aromatic heterocycles. The number of hydrogen-bond acceptors (Lipinski definition) is 1. The lowest BCUT2D eigenvalue weighted by atomic mass is 10.4. The first-order valence-corrected chi connectivity index (χ1v) is 7.71. The predicted octanol–water partition coefficient (Wildman–Crippen LogP) is 2.96. The summed E-state index contributed by atoms with van der Waals surface area (Å²) in [5, 5.41) is 0. The quantitative estimate of drug-likeness (QED) is 0.391. The van der Waals surface area contributed by atoms with Gasteiger partial charge in [0.25, 0.3) is 0 Å². The fourth-order valence-electron chi connectivity index (χ4n) is 0.332. The molecule has 1 nitrogen and oxygen atoms in total. The van der Waals surface area contributed by atoms with E-state index in [2.05, 4.69) is 6.92 Å². The van der Waals surface area contributed by atoms with Crippen LogP contribution in [0.15, 0.2) is 0 Å². The van der Waals surface area contributed by atoms with Crippen LogP contribution in [-0.4, -0.2) is 12.9 Å². The van der Waals surface area contributed by atoms with Crippen molar-refractivity contribution in [3.8, 4) is 0 Å². The van der Waals surface area contributed by atoms with Crippen molar-refractivity contribution in [1.82, 2.24) is 0 Å². The maximum atomic E-state index is 5.42. The third-order valence-corrected chi connectivity index (χ3v) is 2.28. The highest BCUT2D eigenvalue weighted by atomic mass is 35.8. The van der Waals surface area contributed by atoms with E-state index in [0.29, 0.717) is 6.61 Å². The molecule has 0 aliphatic heterocycles. The minimum Gasteiger partial charge on any atom is -0.381 e. The fraction of sp³-hybridized carbons (Fsp3) is 1.00. The maximum Gasteiger partial charge on any atom is 0.493 e. The zero-order valence-corrected chi connectivity index (χ0v) is 8.43. The van der Waals surface area contributed by atoms with Crippen molar-refractivity contribution in [2.75, 3.05) is 6.61 Å². The van der Waals surface area contributed by atoms with Gasteiger partial charge < -0.3 is 4.43 Å². The molecule has 0 saturated carbocycles. The van der Waals surface area contributed by atoms with Gasteiger partial charge >= 0.3 is 6.25 Å². The van der Waals surface area contributed by atoms with E-state index in [1.54, 1.807) is 0 Å². The fourth-order valence-corrected chi connectivity index (χ4v) is 1.40. The molecule has 0 atom stereocenters. The average Bonchev–Trinajstić information content (AvgIpc) is 1.63. The second kappa shape index (κ2) is 4.80. The van der Waals surface area contributed by atoms with E-state index in [9.17, 15) is 0 Å². The number of unbranched alkanes of at least 4 members (excludes halogenated alkanes) is 1. The van der Waals surface area contributed by atoms with Gasteiger partial charge in [0, 0.05) is 6.61 Å². The second-order valence-electron chi connectivity index (χ2n) is 1.65. The molecular formula is C4H9Cl3OSi. The number of halogens is 3. The molecule has 0 fully saturated rings. The van der Waals surface area contributed by atoms with Crippen molar-refractivity contribution in [3.05, 3.63) is 0 Å². The predicted molar refractivity (Wildman–Crippen MR) is 44.2 cm³/mol. The van der Waals surface area contributed by atoms with Crippen molar-refractivity contribution in [1.29, 1.82) is 0 Å². The Kier molecular flexibility index (Phi) is 5.36. The molecule has 0 radical (unpaired) electrons. The van der Waals surface area contributed by atoms with Gasteiger partial charge in [-0.15, -0.1) is 0 Å². The minimum atomic E-state index is -2.78. The molecule has 9 heavy (non-hydrogen) atoms. The van der Waals surface area contributed by atoms with Crippen LogP contribution in [0.5, 0.6) is 0 Å². The molecule has 0 unspecified atom stereocenters. The molecule has 56 valence electrons. The first-order valence-electron chi connectivity index (χ1n) is 2.77. The topological polar surface area (TPSA) is 9.23 Å². The van der Waals surface area contributed by atoms with Crippen LogP contribution >= 0.6 is 33.2 Å². The molecule has 0 rings (SSSR count). The van der Waals surface area contributed by atoms with Crippen LogP contribution < -0.4 is 0 Å². The third kappa shape index (κ3) is 9.05. The standard InChI is InChI=1S/C4H9Cl3OSi/c1-2-3-4-8-9(5,6)7/h2-4H2,1H3. The zero-order valence-electron chi connectivity index (χ0n) is 5.16. The Morgan fingerprint density at radius 2 is 1.89 bits per heavy atom. The lowest BCUT2D eigenvalue weighted by Gasteiger charge is -2.07. The molecule has 0 saturated heterocycles. The van der Waals surface area contributed by atoms with Gasteiger partial charge in [0.1, 0.15) is 0 Å². The van der Waals surface area contributed by atoms with Crippen LogP contribution in [0.2, 0.25) is 0 Å². The van der Waals surface area contributed by atoms with Gasteiger partial charge in [0.15, 0.2) is 0 Å². The Bertz CT molecular complexity index is 72.7. The lowest BCUT2D eigenvalue weighted by Crippen LogP contribution is -2.16. The summed E-state index contributed by atoms with van der Waals surface area (Å²) in [4.78, 5) is 0. The van der Waals surface area contributed by atoms with E-state index in [1.165, 1.54) is 0 Å². The normalized spacial score (nSPS) is 12.0. The summed E-state index contributed by atoms with van der Waals surface area (Å²) in [7, 11) is 0. The highest BCUT2D eigenvalue weighted by Gasteiger charge is 2.26. The molecule has 0 aliphatic carbocycles. The smallest absolute Gasteiger partial charge is 0.381 e. The first kappa shape index (κ1) is 10.0. The van der Waals surface area contributed by atoms with E-state index in [-0.39, 0.29) is 0 Å². The molecule has 0 amide bonds. The van der Waals surface area contributed by atoms with Crippen LogP contribution in [-0.2, 0) is 4.43 Å². The van der Waals surface area contributed by atoms with Crippen molar-refractivity contribution in [2.45, 2.75) is 19.8 Å². The van der Waals surface area contributed by atoms with Gasteiger partial charge in [-0.05, 0) is 6.42 Å². The second-order valence-corrected chi connectivity index (χ2v) is 9.36. The van der Waals surface area contributed by atoms with Gasteiger partial charge in [-0.1, -0.05) is 46.6 Å². The van der Waals surface area contributed by atoms with E-state index in [1.807, 2.05) is 0 Å². The van der Waals surface area contributed by atoms with E-state index in [4.69, 9.17) is 37.7 Å². The Morgan fingerprint density at radius 3 is 2.22 bits per heavy atom. The summed E-state index contributed by atoms with van der Waals surface area (Å²) in [5.74, 6) is 0. The van der Waals surface area contributed by atoms with Gasteiger partial charge in [-0.3, -0.25) is 0 Å². The van der Waals surface area contributed by atoms with Gasteiger partial charge in [-0.2, -0.15) is 0 Å². The molecular weight excluding hydrogens is 198 g/mol. The summed E-state index contributed by atoms with van der Waals surface area (Å²) in [5.41, 5.74) is 0. The van der Waals surface area contributed by atoms with E-state index < -0.39 is 6.25 Å². The van der Waals surface area contributed by atoms with Crippen molar-refractivity contribution in [2.24, 2.45) is 0 Å². The Labute approximate surface area is 70.5 Å². The molecule has 0 bridgehead atoms. The van der Waals surface area contributed by atoms with Crippen molar-refractivity contribution >= 4 is 39.5 Å². The van der Waals surface area contributed by atoms with Crippen molar-refractivity contribution < 1.29 is 4.43 Å². The maximum absolute atomic E-state index is 5.42. The first-order chi connectivity index (χ1) is 4.06. The summed E-state index contributed by atoms with van der Waals surface area (Å²) < 4.78 is 4.90. The average molecular weight is 208 g/mol. The largest absolute Gasteiger partial charge is 0.493 e. The van der Waals surface area contributed by atoms with Gasteiger partial charge in [-0.25, -0.2) is 0 Å². The van der Waals surface area contributed by atoms with Crippen molar-refractivity contribution in [3.63, 3.8) is 0 Å². The highest BCUT2D eigenvalue weighted by molar-refractivity contribution is 7.62. The monoisotopic (exact) mass is 206 g/mol. The summed E-state index contributed by atoms with van der Waals surface area (Å²) >= 11 is 16.2. The summed E-state index contributed by atoms with van der Waals surface area (Å²) in [6.07, 6.45) is -0.754. The third-order valence-electron chi connectivity index (χ3n) is 0.764. The lowest BCUT2D eigenvalue weighted by molar-refractivity contribution is 0.326. The van der Waals surface area contributed by atoms with Crippen LogP contribution in [0, 0.1) is 0 Å². The van der Waals surface area contributed by atoms with Crippen LogP contribution in [0.3, 0.4) is 0 Å². The SMILES string of the molecule is CCCCO[Si](Cl)(Cl)Cl. The molecule has 0 aromatic carbocycles. The number of rotatable bonds is 4. The number of hydrogen-bond donors (Lipinski definition) is 0. The van der Waals surface area contributed by atoms with Crippen LogP contribution in [0.25, 0.3) is 0 Å². The van der Waals surface area contributed by atoms with Crippen LogP contribution in [0.1, 0.15) is 19.8 Å².